The summed E-state index contributed by atoms with van der Waals surface area (Å²) in [6.07, 6.45) is 4.12. The minimum Gasteiger partial charge on any atom is -0.481 e. The second-order valence-electron chi connectivity index (χ2n) is 6.82. The van der Waals surface area contributed by atoms with Crippen LogP contribution in [0, 0.1) is 17.8 Å². The Kier molecular flexibility index (Phi) is 8.93. The summed E-state index contributed by atoms with van der Waals surface area (Å²) in [6, 6.07) is 10.3. The molecule has 0 spiro atoms. The van der Waals surface area contributed by atoms with Gasteiger partial charge in [0.15, 0.2) is 0 Å². The van der Waals surface area contributed by atoms with Gasteiger partial charge in [0, 0.05) is 6.61 Å². The Balaban J connectivity index is 2.71. The maximum absolute atomic E-state index is 11.5. The number of hydrogen-bond acceptors (Lipinski definition) is 2. The summed E-state index contributed by atoms with van der Waals surface area (Å²) in [5.41, 5.74) is 1.28. The third-order valence-corrected chi connectivity index (χ3v) is 4.99. The van der Waals surface area contributed by atoms with Gasteiger partial charge in [0.05, 0.1) is 5.92 Å². The Hall–Kier alpha value is -1.35. The molecular weight excluding hydrogens is 288 g/mol. The zero-order valence-electron chi connectivity index (χ0n) is 14.7. The number of carboxylic acids is 1. The lowest BCUT2D eigenvalue weighted by Crippen LogP contribution is -2.23. The van der Waals surface area contributed by atoms with Crippen molar-refractivity contribution in [2.75, 3.05) is 6.61 Å². The van der Waals surface area contributed by atoms with Crippen LogP contribution in [-0.4, -0.2) is 22.8 Å². The molecule has 1 rings (SSSR count). The van der Waals surface area contributed by atoms with Crippen molar-refractivity contribution in [1.29, 1.82) is 0 Å². The normalized spacial score (nSPS) is 16.5. The number of rotatable bonds is 11. The van der Waals surface area contributed by atoms with E-state index in [1.54, 1.807) is 0 Å². The van der Waals surface area contributed by atoms with E-state index in [0.717, 1.165) is 19.3 Å². The van der Waals surface area contributed by atoms with E-state index in [0.29, 0.717) is 24.7 Å². The summed E-state index contributed by atoms with van der Waals surface area (Å²) in [5, 5.41) is 19.2. The molecule has 3 nitrogen and oxygen atoms in total. The van der Waals surface area contributed by atoms with Crippen LogP contribution in [-0.2, 0) is 4.79 Å². The van der Waals surface area contributed by atoms with Crippen molar-refractivity contribution >= 4 is 5.97 Å². The van der Waals surface area contributed by atoms with Gasteiger partial charge in [-0.3, -0.25) is 4.79 Å². The lowest BCUT2D eigenvalue weighted by molar-refractivity contribution is -0.143. The van der Waals surface area contributed by atoms with Crippen molar-refractivity contribution in [1.82, 2.24) is 0 Å². The average molecular weight is 320 g/mol. The van der Waals surface area contributed by atoms with E-state index >= 15 is 0 Å². The Morgan fingerprint density at radius 1 is 1.04 bits per heavy atom. The first kappa shape index (κ1) is 19.7. The molecule has 0 radical (unpaired) electrons. The highest BCUT2D eigenvalue weighted by atomic mass is 16.4. The molecule has 0 aliphatic heterocycles. The summed E-state index contributed by atoms with van der Waals surface area (Å²) in [4.78, 5) is 11.5. The molecule has 0 aromatic heterocycles. The van der Waals surface area contributed by atoms with Crippen molar-refractivity contribution in [3.8, 4) is 0 Å². The molecule has 1 aromatic carbocycles. The maximum atomic E-state index is 11.5. The van der Waals surface area contributed by atoms with E-state index in [2.05, 4.69) is 32.9 Å². The zero-order valence-corrected chi connectivity index (χ0v) is 14.7. The molecule has 0 heterocycles. The van der Waals surface area contributed by atoms with Crippen LogP contribution in [0.4, 0.5) is 0 Å². The number of benzene rings is 1. The lowest BCUT2D eigenvalue weighted by atomic mass is 9.81. The van der Waals surface area contributed by atoms with Crippen LogP contribution in [0.1, 0.15) is 64.4 Å². The third kappa shape index (κ3) is 6.74. The van der Waals surface area contributed by atoms with Crippen LogP contribution in [0.5, 0.6) is 0 Å². The van der Waals surface area contributed by atoms with Gasteiger partial charge in [-0.1, -0.05) is 57.5 Å². The average Bonchev–Trinajstić information content (AvgIpc) is 2.57. The summed E-state index contributed by atoms with van der Waals surface area (Å²) >= 11 is 0. The van der Waals surface area contributed by atoms with E-state index in [1.807, 2.05) is 18.2 Å². The standard InChI is InChI=1S/C20H32O3/c1-4-15(3)11-19(20(22)23)13-16(14-21)12-17(5-2)18-9-7-6-8-10-18/h6-10,15-17,19,21H,4-5,11-14H2,1-3H3,(H,22,23). The second kappa shape index (κ2) is 10.4. The number of aliphatic hydroxyl groups is 1. The number of carboxylic acid groups (broad SMARTS) is 1. The van der Waals surface area contributed by atoms with E-state index in [-0.39, 0.29) is 18.4 Å². The van der Waals surface area contributed by atoms with Crippen molar-refractivity contribution in [2.24, 2.45) is 17.8 Å². The van der Waals surface area contributed by atoms with E-state index in [4.69, 9.17) is 0 Å². The minimum atomic E-state index is -0.725. The Bertz CT molecular complexity index is 443. The highest BCUT2D eigenvalue weighted by Crippen LogP contribution is 2.31. The van der Waals surface area contributed by atoms with Crippen LogP contribution < -0.4 is 0 Å². The predicted molar refractivity (Wildman–Crippen MR) is 94.5 cm³/mol. The highest BCUT2D eigenvalue weighted by molar-refractivity contribution is 5.69. The molecule has 130 valence electrons. The summed E-state index contributed by atoms with van der Waals surface area (Å²) in [7, 11) is 0. The van der Waals surface area contributed by atoms with Gasteiger partial charge in [-0.25, -0.2) is 0 Å². The molecule has 0 saturated carbocycles. The van der Waals surface area contributed by atoms with E-state index in [1.165, 1.54) is 5.56 Å². The van der Waals surface area contributed by atoms with Crippen molar-refractivity contribution < 1.29 is 15.0 Å². The fourth-order valence-electron chi connectivity index (χ4n) is 3.26. The molecule has 0 bridgehead atoms. The smallest absolute Gasteiger partial charge is 0.306 e. The topological polar surface area (TPSA) is 57.5 Å². The molecular formula is C20H32O3. The van der Waals surface area contributed by atoms with Gasteiger partial charge in [-0.05, 0) is 49.0 Å². The molecule has 3 heteroatoms. The molecule has 0 saturated heterocycles. The number of hydrogen-bond donors (Lipinski definition) is 2. The van der Waals surface area contributed by atoms with Gasteiger partial charge in [0.1, 0.15) is 0 Å². The fourth-order valence-corrected chi connectivity index (χ4v) is 3.26. The van der Waals surface area contributed by atoms with Crippen molar-refractivity contribution in [3.05, 3.63) is 35.9 Å². The minimum absolute atomic E-state index is 0.0466. The quantitative estimate of drug-likeness (QED) is 0.621. The molecule has 23 heavy (non-hydrogen) atoms. The summed E-state index contributed by atoms with van der Waals surface area (Å²) in [6.45, 7) is 6.41. The van der Waals surface area contributed by atoms with Gasteiger partial charge in [-0.15, -0.1) is 0 Å². The predicted octanol–water partition coefficient (Wildman–Crippen LogP) is 4.71. The first-order valence-corrected chi connectivity index (χ1v) is 8.90. The first-order valence-electron chi connectivity index (χ1n) is 8.90. The first-order chi connectivity index (χ1) is 11.0. The van der Waals surface area contributed by atoms with Crippen molar-refractivity contribution in [2.45, 2.75) is 58.8 Å². The van der Waals surface area contributed by atoms with Crippen LogP contribution in [0.25, 0.3) is 0 Å². The summed E-state index contributed by atoms with van der Waals surface area (Å²) < 4.78 is 0. The Morgan fingerprint density at radius 2 is 1.70 bits per heavy atom. The fraction of sp³-hybridized carbons (Fsp3) is 0.650. The van der Waals surface area contributed by atoms with Gasteiger partial charge < -0.3 is 10.2 Å². The molecule has 0 amide bonds. The molecule has 1 aromatic rings. The van der Waals surface area contributed by atoms with E-state index in [9.17, 15) is 15.0 Å². The largest absolute Gasteiger partial charge is 0.481 e. The van der Waals surface area contributed by atoms with Crippen LogP contribution >= 0.6 is 0 Å². The van der Waals surface area contributed by atoms with Gasteiger partial charge in [-0.2, -0.15) is 0 Å². The molecule has 4 atom stereocenters. The summed E-state index contributed by atoms with van der Waals surface area (Å²) in [5.74, 6) is -0.241. The second-order valence-corrected chi connectivity index (χ2v) is 6.82. The highest BCUT2D eigenvalue weighted by Gasteiger charge is 2.25. The van der Waals surface area contributed by atoms with Crippen LogP contribution in [0.2, 0.25) is 0 Å². The van der Waals surface area contributed by atoms with Crippen LogP contribution in [0.3, 0.4) is 0 Å². The lowest BCUT2D eigenvalue weighted by Gasteiger charge is -2.25. The zero-order chi connectivity index (χ0) is 17.2. The molecule has 2 N–H and O–H groups in total. The van der Waals surface area contributed by atoms with Crippen LogP contribution in [0.15, 0.2) is 30.3 Å². The SMILES string of the molecule is CCC(C)CC(CC(CO)CC(CC)c1ccccc1)C(=O)O. The Morgan fingerprint density at radius 3 is 2.17 bits per heavy atom. The monoisotopic (exact) mass is 320 g/mol. The Labute approximate surface area is 140 Å². The van der Waals surface area contributed by atoms with Gasteiger partial charge in [0.25, 0.3) is 0 Å². The maximum Gasteiger partial charge on any atom is 0.306 e. The molecule has 0 aliphatic carbocycles. The van der Waals surface area contributed by atoms with Gasteiger partial charge >= 0.3 is 5.97 Å². The molecule has 0 aliphatic rings. The number of carbonyl (C=O) groups is 1. The number of aliphatic carboxylic acids is 1. The van der Waals surface area contributed by atoms with Gasteiger partial charge in [0.2, 0.25) is 0 Å². The number of aliphatic hydroxyl groups excluding tert-OH is 1. The third-order valence-electron chi connectivity index (χ3n) is 4.99. The van der Waals surface area contributed by atoms with Crippen molar-refractivity contribution in [3.63, 3.8) is 0 Å². The molecule has 0 fully saturated rings. The molecule has 4 unspecified atom stereocenters. The van der Waals surface area contributed by atoms with E-state index < -0.39 is 5.97 Å².